The summed E-state index contributed by atoms with van der Waals surface area (Å²) in [6.45, 7) is 5.81. The number of halogens is 1. The van der Waals surface area contributed by atoms with Crippen molar-refractivity contribution in [2.24, 2.45) is 0 Å². The molecule has 0 amide bonds. The molecule has 1 aliphatic rings. The zero-order chi connectivity index (χ0) is 13.7. The van der Waals surface area contributed by atoms with Gasteiger partial charge < -0.3 is 9.64 Å². The van der Waals surface area contributed by atoms with E-state index in [9.17, 15) is 0 Å². The monoisotopic (exact) mass is 284 g/mol. The first-order chi connectivity index (χ1) is 9.24. The zero-order valence-electron chi connectivity index (χ0n) is 11.6. The van der Waals surface area contributed by atoms with Crippen LogP contribution in [0.3, 0.4) is 0 Å². The lowest BCUT2D eigenvalue weighted by atomic mass is 10.0. The summed E-state index contributed by atoms with van der Waals surface area (Å²) in [5.41, 5.74) is 0. The van der Waals surface area contributed by atoms with Crippen molar-refractivity contribution < 1.29 is 4.74 Å². The van der Waals surface area contributed by atoms with Gasteiger partial charge in [-0.2, -0.15) is 15.0 Å². The van der Waals surface area contributed by atoms with Gasteiger partial charge >= 0.3 is 6.01 Å². The molecule has 1 unspecified atom stereocenters. The number of ether oxygens (including phenoxy) is 1. The molecule has 1 aromatic heterocycles. The summed E-state index contributed by atoms with van der Waals surface area (Å²) >= 11 is 5.97. The van der Waals surface area contributed by atoms with Crippen LogP contribution in [0.25, 0.3) is 0 Å². The number of piperidine rings is 1. The highest BCUT2D eigenvalue weighted by Gasteiger charge is 2.24. The fourth-order valence-electron chi connectivity index (χ4n) is 2.40. The molecule has 5 nitrogen and oxygen atoms in total. The van der Waals surface area contributed by atoms with Gasteiger partial charge in [-0.05, 0) is 43.7 Å². The van der Waals surface area contributed by atoms with Gasteiger partial charge in [0, 0.05) is 12.6 Å². The second-order valence-electron chi connectivity index (χ2n) is 4.79. The van der Waals surface area contributed by atoms with Gasteiger partial charge in [-0.25, -0.2) is 0 Å². The average Bonchev–Trinajstić information content (AvgIpc) is 2.44. The molecule has 0 aliphatic carbocycles. The molecular formula is C13H21ClN4O. The van der Waals surface area contributed by atoms with E-state index in [0.717, 1.165) is 19.4 Å². The van der Waals surface area contributed by atoms with E-state index in [0.29, 0.717) is 24.6 Å². The third kappa shape index (κ3) is 3.69. The van der Waals surface area contributed by atoms with E-state index in [4.69, 9.17) is 16.3 Å². The number of aromatic nitrogens is 3. The van der Waals surface area contributed by atoms with Gasteiger partial charge in [0.15, 0.2) is 0 Å². The van der Waals surface area contributed by atoms with Crippen molar-refractivity contribution in [1.29, 1.82) is 0 Å². The Morgan fingerprint density at radius 2 is 2.11 bits per heavy atom. The van der Waals surface area contributed by atoms with Crippen molar-refractivity contribution in [2.75, 3.05) is 18.1 Å². The Balaban J connectivity index is 2.19. The molecule has 0 saturated carbocycles. The van der Waals surface area contributed by atoms with Crippen molar-refractivity contribution in [2.45, 2.75) is 52.0 Å². The maximum absolute atomic E-state index is 5.97. The van der Waals surface area contributed by atoms with Crippen LogP contribution in [0.4, 0.5) is 5.95 Å². The zero-order valence-corrected chi connectivity index (χ0v) is 12.4. The molecule has 1 saturated heterocycles. The summed E-state index contributed by atoms with van der Waals surface area (Å²) in [7, 11) is 0. The Hall–Kier alpha value is -1.10. The van der Waals surface area contributed by atoms with Crippen molar-refractivity contribution in [3.05, 3.63) is 5.28 Å². The summed E-state index contributed by atoms with van der Waals surface area (Å²) in [6.07, 6.45) is 5.64. The Kier molecular flexibility index (Phi) is 5.19. The smallest absolute Gasteiger partial charge is 0.322 e. The van der Waals surface area contributed by atoms with Gasteiger partial charge in [0.25, 0.3) is 0 Å². The predicted molar refractivity (Wildman–Crippen MR) is 75.9 cm³/mol. The first kappa shape index (κ1) is 14.3. The van der Waals surface area contributed by atoms with Crippen LogP contribution >= 0.6 is 11.6 Å². The molecule has 0 spiro atoms. The van der Waals surface area contributed by atoms with Crippen LogP contribution < -0.4 is 9.64 Å². The van der Waals surface area contributed by atoms with E-state index < -0.39 is 0 Å². The average molecular weight is 285 g/mol. The second-order valence-corrected chi connectivity index (χ2v) is 5.12. The van der Waals surface area contributed by atoms with Gasteiger partial charge in [-0.15, -0.1) is 0 Å². The second kappa shape index (κ2) is 6.89. The van der Waals surface area contributed by atoms with Gasteiger partial charge in [0.1, 0.15) is 0 Å². The van der Waals surface area contributed by atoms with Crippen LogP contribution in [-0.2, 0) is 0 Å². The summed E-state index contributed by atoms with van der Waals surface area (Å²) in [6, 6.07) is 0.823. The highest BCUT2D eigenvalue weighted by molar-refractivity contribution is 6.28. The first-order valence-electron chi connectivity index (χ1n) is 7.05. The molecule has 1 atom stereocenters. The van der Waals surface area contributed by atoms with Crippen LogP contribution in [0.15, 0.2) is 0 Å². The largest absolute Gasteiger partial charge is 0.463 e. The minimum atomic E-state index is 0.205. The first-order valence-corrected chi connectivity index (χ1v) is 7.43. The number of anilines is 1. The van der Waals surface area contributed by atoms with E-state index in [1.807, 2.05) is 6.92 Å². The third-order valence-electron chi connectivity index (χ3n) is 3.37. The lowest BCUT2D eigenvalue weighted by Crippen LogP contribution is -2.40. The van der Waals surface area contributed by atoms with E-state index in [1.54, 1.807) is 0 Å². The van der Waals surface area contributed by atoms with E-state index >= 15 is 0 Å². The predicted octanol–water partition coefficient (Wildman–Crippen LogP) is 3.08. The van der Waals surface area contributed by atoms with Gasteiger partial charge in [0.05, 0.1) is 6.61 Å². The van der Waals surface area contributed by atoms with Crippen molar-refractivity contribution >= 4 is 17.5 Å². The number of rotatable bonds is 5. The molecule has 1 fully saturated rings. The van der Waals surface area contributed by atoms with Crippen LogP contribution in [0.1, 0.15) is 46.0 Å². The third-order valence-corrected chi connectivity index (χ3v) is 3.54. The van der Waals surface area contributed by atoms with Crippen LogP contribution in [0.2, 0.25) is 5.28 Å². The fourth-order valence-corrected chi connectivity index (χ4v) is 2.54. The summed E-state index contributed by atoms with van der Waals surface area (Å²) < 4.78 is 5.46. The number of nitrogens with zero attached hydrogens (tertiary/aromatic N) is 4. The molecule has 2 rings (SSSR count). The molecular weight excluding hydrogens is 264 g/mol. The Morgan fingerprint density at radius 3 is 2.84 bits per heavy atom. The molecule has 106 valence electrons. The standard InChI is InChI=1S/C13H21ClN4O/c1-3-9-19-13-16-11(14)15-12(17-13)18-8-6-5-7-10(18)4-2/h10H,3-9H2,1-2H3. The molecule has 0 radical (unpaired) electrons. The minimum Gasteiger partial charge on any atom is -0.463 e. The van der Waals surface area contributed by atoms with E-state index in [2.05, 4.69) is 26.8 Å². The molecule has 0 aromatic carbocycles. The minimum absolute atomic E-state index is 0.205. The molecule has 1 aliphatic heterocycles. The number of hydrogen-bond donors (Lipinski definition) is 0. The molecule has 0 N–H and O–H groups in total. The molecule has 0 bridgehead atoms. The fraction of sp³-hybridized carbons (Fsp3) is 0.769. The summed E-state index contributed by atoms with van der Waals surface area (Å²) in [4.78, 5) is 14.9. The molecule has 19 heavy (non-hydrogen) atoms. The Bertz CT molecular complexity index is 416. The highest BCUT2D eigenvalue weighted by atomic mass is 35.5. The van der Waals surface area contributed by atoms with E-state index in [1.165, 1.54) is 19.3 Å². The lowest BCUT2D eigenvalue weighted by Gasteiger charge is -2.35. The topological polar surface area (TPSA) is 51.1 Å². The Labute approximate surface area is 119 Å². The molecule has 2 heterocycles. The van der Waals surface area contributed by atoms with E-state index in [-0.39, 0.29) is 5.28 Å². The van der Waals surface area contributed by atoms with Crippen molar-refractivity contribution in [3.63, 3.8) is 0 Å². The van der Waals surface area contributed by atoms with Crippen molar-refractivity contribution in [1.82, 2.24) is 15.0 Å². The maximum atomic E-state index is 5.97. The van der Waals surface area contributed by atoms with Crippen molar-refractivity contribution in [3.8, 4) is 6.01 Å². The maximum Gasteiger partial charge on any atom is 0.322 e. The SMILES string of the molecule is CCCOc1nc(Cl)nc(N2CCCCC2CC)n1. The highest BCUT2D eigenvalue weighted by Crippen LogP contribution is 2.25. The molecule has 6 heteroatoms. The quantitative estimate of drug-likeness (QED) is 0.832. The normalized spacial score (nSPS) is 19.5. The van der Waals surface area contributed by atoms with Crippen LogP contribution in [0, 0.1) is 0 Å². The van der Waals surface area contributed by atoms with Gasteiger partial charge in [0.2, 0.25) is 11.2 Å². The summed E-state index contributed by atoms with van der Waals surface area (Å²) in [5, 5.41) is 0.205. The van der Waals surface area contributed by atoms with Crippen LogP contribution in [-0.4, -0.2) is 34.1 Å². The number of hydrogen-bond acceptors (Lipinski definition) is 5. The van der Waals surface area contributed by atoms with Gasteiger partial charge in [-0.3, -0.25) is 0 Å². The Morgan fingerprint density at radius 1 is 1.26 bits per heavy atom. The summed E-state index contributed by atoms with van der Waals surface area (Å²) in [5.74, 6) is 0.651. The van der Waals surface area contributed by atoms with Crippen LogP contribution in [0.5, 0.6) is 6.01 Å². The molecule has 1 aromatic rings. The lowest BCUT2D eigenvalue weighted by molar-refractivity contribution is 0.290. The van der Waals surface area contributed by atoms with Gasteiger partial charge in [-0.1, -0.05) is 13.8 Å².